The smallest absolute Gasteiger partial charge is 0.251 e. The highest BCUT2D eigenvalue weighted by molar-refractivity contribution is 6.30. The van der Waals surface area contributed by atoms with Gasteiger partial charge in [0.05, 0.1) is 22.4 Å². The van der Waals surface area contributed by atoms with Crippen molar-refractivity contribution in [2.75, 3.05) is 6.54 Å². The van der Waals surface area contributed by atoms with Gasteiger partial charge in [-0.25, -0.2) is 9.97 Å². The quantitative estimate of drug-likeness (QED) is 0.703. The van der Waals surface area contributed by atoms with Crippen molar-refractivity contribution in [1.29, 1.82) is 0 Å². The molecule has 5 heteroatoms. The van der Waals surface area contributed by atoms with Crippen molar-refractivity contribution < 1.29 is 4.79 Å². The topological polar surface area (TPSA) is 54.9 Å². The van der Waals surface area contributed by atoms with E-state index in [-0.39, 0.29) is 5.91 Å². The number of nitrogens with one attached hydrogen (secondary N) is 1. The zero-order valence-corrected chi connectivity index (χ0v) is 15.8. The highest BCUT2D eigenvalue weighted by atomic mass is 35.5. The van der Waals surface area contributed by atoms with Crippen LogP contribution in [0.5, 0.6) is 0 Å². The van der Waals surface area contributed by atoms with Gasteiger partial charge in [-0.3, -0.25) is 4.79 Å². The van der Waals surface area contributed by atoms with Crippen molar-refractivity contribution in [3.05, 3.63) is 70.0 Å². The molecule has 0 atom stereocenters. The predicted molar refractivity (Wildman–Crippen MR) is 106 cm³/mol. The van der Waals surface area contributed by atoms with Gasteiger partial charge in [0.2, 0.25) is 0 Å². The molecule has 0 saturated carbocycles. The van der Waals surface area contributed by atoms with E-state index in [2.05, 4.69) is 29.1 Å². The lowest BCUT2D eigenvalue weighted by Gasteiger charge is -2.09. The van der Waals surface area contributed by atoms with Crippen LogP contribution in [0.3, 0.4) is 0 Å². The molecule has 0 radical (unpaired) electrons. The van der Waals surface area contributed by atoms with E-state index >= 15 is 0 Å². The summed E-state index contributed by atoms with van der Waals surface area (Å²) in [7, 11) is 0. The van der Waals surface area contributed by atoms with Crippen LogP contribution >= 0.6 is 11.6 Å². The number of amides is 1. The summed E-state index contributed by atoms with van der Waals surface area (Å²) in [5, 5.41) is 3.67. The van der Waals surface area contributed by atoms with Crippen LogP contribution in [0, 0.1) is 0 Å². The molecule has 0 aliphatic heterocycles. The Morgan fingerprint density at radius 1 is 0.962 bits per heavy atom. The Morgan fingerprint density at radius 2 is 1.62 bits per heavy atom. The van der Waals surface area contributed by atoms with Crippen LogP contribution in [-0.4, -0.2) is 22.4 Å². The highest BCUT2D eigenvalue weighted by Gasteiger charge is 2.10. The van der Waals surface area contributed by atoms with Crippen LogP contribution in [0.15, 0.2) is 42.5 Å². The van der Waals surface area contributed by atoms with E-state index in [1.807, 2.05) is 36.4 Å². The number of benzene rings is 2. The molecular weight excluding hydrogens is 346 g/mol. The predicted octanol–water partition coefficient (Wildman–Crippen LogP) is 4.38. The summed E-state index contributed by atoms with van der Waals surface area (Å²) in [6, 6.07) is 13.1. The van der Waals surface area contributed by atoms with Gasteiger partial charge in [-0.1, -0.05) is 37.6 Å². The van der Waals surface area contributed by atoms with Crippen LogP contribution < -0.4 is 5.32 Å². The second-order valence-electron chi connectivity index (χ2n) is 6.16. The number of nitrogens with zero attached hydrogens (tertiary/aromatic N) is 2. The zero-order chi connectivity index (χ0) is 18.5. The van der Waals surface area contributed by atoms with Crippen LogP contribution in [0.2, 0.25) is 5.02 Å². The van der Waals surface area contributed by atoms with Gasteiger partial charge < -0.3 is 5.32 Å². The number of aromatic nitrogens is 2. The van der Waals surface area contributed by atoms with E-state index in [9.17, 15) is 4.79 Å². The first-order chi connectivity index (χ1) is 12.6. The molecule has 0 saturated heterocycles. The van der Waals surface area contributed by atoms with Crippen LogP contribution in [0.4, 0.5) is 0 Å². The average molecular weight is 368 g/mol. The lowest BCUT2D eigenvalue weighted by molar-refractivity contribution is 0.0954. The minimum atomic E-state index is -0.0970. The standard InChI is InChI=1S/C21H22ClN3O/c1-3-17-18(4-2)25-20-13-15(7-10-19(20)24-17)21(26)23-12-11-14-5-8-16(22)9-6-14/h5-10,13H,3-4,11-12H2,1-2H3,(H,23,26). The minimum absolute atomic E-state index is 0.0970. The molecular formula is C21H22ClN3O. The third-order valence-corrected chi connectivity index (χ3v) is 4.62. The van der Waals surface area contributed by atoms with Gasteiger partial charge in [0.25, 0.3) is 5.91 Å². The molecule has 26 heavy (non-hydrogen) atoms. The molecule has 0 aliphatic rings. The molecule has 0 fully saturated rings. The van der Waals surface area contributed by atoms with Crippen molar-refractivity contribution in [2.45, 2.75) is 33.1 Å². The number of hydrogen-bond acceptors (Lipinski definition) is 3. The number of carbonyl (C=O) groups excluding carboxylic acids is 1. The van der Waals surface area contributed by atoms with Gasteiger partial charge in [-0.05, 0) is 55.2 Å². The molecule has 0 spiro atoms. The molecule has 1 heterocycles. The molecule has 0 unspecified atom stereocenters. The van der Waals surface area contributed by atoms with Gasteiger partial charge in [0.15, 0.2) is 0 Å². The lowest BCUT2D eigenvalue weighted by atomic mass is 10.1. The van der Waals surface area contributed by atoms with Gasteiger partial charge in [0, 0.05) is 17.1 Å². The normalized spacial score (nSPS) is 10.9. The van der Waals surface area contributed by atoms with Crippen LogP contribution in [0.25, 0.3) is 11.0 Å². The molecule has 134 valence electrons. The molecule has 1 N–H and O–H groups in total. The molecule has 0 aliphatic carbocycles. The molecule has 3 aromatic rings. The van der Waals surface area contributed by atoms with E-state index in [4.69, 9.17) is 11.6 Å². The Hall–Kier alpha value is -2.46. The number of fused-ring (bicyclic) bond motifs is 1. The molecule has 4 nitrogen and oxygen atoms in total. The van der Waals surface area contributed by atoms with Crippen molar-refractivity contribution >= 4 is 28.5 Å². The Bertz CT molecular complexity index is 922. The third kappa shape index (κ3) is 4.20. The van der Waals surface area contributed by atoms with Crippen molar-refractivity contribution in [2.24, 2.45) is 0 Å². The Labute approximate surface area is 158 Å². The first-order valence-electron chi connectivity index (χ1n) is 8.93. The molecule has 2 aromatic carbocycles. The largest absolute Gasteiger partial charge is 0.352 e. The third-order valence-electron chi connectivity index (χ3n) is 4.36. The summed E-state index contributed by atoms with van der Waals surface area (Å²) in [6.45, 7) is 4.72. The van der Waals surface area contributed by atoms with Gasteiger partial charge in [-0.2, -0.15) is 0 Å². The molecule has 0 bridgehead atoms. The number of carbonyl (C=O) groups is 1. The first-order valence-corrected chi connectivity index (χ1v) is 9.30. The summed E-state index contributed by atoms with van der Waals surface area (Å²) >= 11 is 5.88. The van der Waals surface area contributed by atoms with Crippen molar-refractivity contribution in [1.82, 2.24) is 15.3 Å². The fourth-order valence-corrected chi connectivity index (χ4v) is 3.03. The van der Waals surface area contributed by atoms with Crippen molar-refractivity contribution in [3.63, 3.8) is 0 Å². The second kappa shape index (κ2) is 8.28. The number of aryl methyl sites for hydroxylation is 2. The minimum Gasteiger partial charge on any atom is -0.352 e. The summed E-state index contributed by atoms with van der Waals surface area (Å²) in [6.07, 6.45) is 2.46. The fourth-order valence-electron chi connectivity index (χ4n) is 2.91. The van der Waals surface area contributed by atoms with Gasteiger partial charge in [-0.15, -0.1) is 0 Å². The second-order valence-corrected chi connectivity index (χ2v) is 6.60. The maximum Gasteiger partial charge on any atom is 0.251 e. The Balaban J connectivity index is 1.70. The van der Waals surface area contributed by atoms with E-state index < -0.39 is 0 Å². The summed E-state index contributed by atoms with van der Waals surface area (Å²) in [5.74, 6) is -0.0970. The maximum atomic E-state index is 12.4. The Morgan fingerprint density at radius 3 is 2.27 bits per heavy atom. The molecule has 1 aromatic heterocycles. The van der Waals surface area contributed by atoms with Gasteiger partial charge >= 0.3 is 0 Å². The maximum absolute atomic E-state index is 12.4. The number of halogens is 1. The highest BCUT2D eigenvalue weighted by Crippen LogP contribution is 2.16. The fraction of sp³-hybridized carbons (Fsp3) is 0.286. The van der Waals surface area contributed by atoms with E-state index in [0.717, 1.165) is 47.2 Å². The van der Waals surface area contributed by atoms with E-state index in [0.29, 0.717) is 17.1 Å². The number of hydrogen-bond donors (Lipinski definition) is 1. The molecule has 3 rings (SSSR count). The zero-order valence-electron chi connectivity index (χ0n) is 15.1. The summed E-state index contributed by atoms with van der Waals surface area (Å²) in [4.78, 5) is 21.8. The van der Waals surface area contributed by atoms with Crippen LogP contribution in [-0.2, 0) is 19.3 Å². The first kappa shape index (κ1) is 18.3. The summed E-state index contributed by atoms with van der Waals surface area (Å²) < 4.78 is 0. The lowest BCUT2D eigenvalue weighted by Crippen LogP contribution is -2.25. The van der Waals surface area contributed by atoms with Crippen molar-refractivity contribution in [3.8, 4) is 0 Å². The number of rotatable bonds is 6. The monoisotopic (exact) mass is 367 g/mol. The molecule has 1 amide bonds. The Kier molecular flexibility index (Phi) is 5.84. The van der Waals surface area contributed by atoms with Crippen LogP contribution in [0.1, 0.15) is 41.2 Å². The summed E-state index contributed by atoms with van der Waals surface area (Å²) in [5.41, 5.74) is 5.37. The SMILES string of the molecule is CCc1nc2ccc(C(=O)NCCc3ccc(Cl)cc3)cc2nc1CC. The van der Waals surface area contributed by atoms with E-state index in [1.165, 1.54) is 0 Å². The van der Waals surface area contributed by atoms with E-state index in [1.54, 1.807) is 6.07 Å². The van der Waals surface area contributed by atoms with Gasteiger partial charge in [0.1, 0.15) is 0 Å². The average Bonchev–Trinajstić information content (AvgIpc) is 2.67.